The first-order chi connectivity index (χ1) is 7.66. The molecule has 2 rings (SSSR count). The molecule has 0 spiro atoms. The molecule has 1 aliphatic rings. The van der Waals surface area contributed by atoms with Gasteiger partial charge in [0.15, 0.2) is 0 Å². The number of aromatic nitrogens is 1. The lowest BCUT2D eigenvalue weighted by Crippen LogP contribution is -2.48. The number of pyridine rings is 1. The van der Waals surface area contributed by atoms with E-state index >= 15 is 0 Å². The summed E-state index contributed by atoms with van der Waals surface area (Å²) in [5.74, 6) is 0.944. The second kappa shape index (κ2) is 4.80. The molecular formula is C11H14ClN3O. The maximum Gasteiger partial charge on any atom is 0.228 e. The number of nitrogens with zero attached hydrogens (tertiary/aromatic N) is 1. The van der Waals surface area contributed by atoms with E-state index < -0.39 is 0 Å². The first-order valence-electron chi connectivity index (χ1n) is 5.30. The Balaban J connectivity index is 1.96. The maximum absolute atomic E-state index is 11.8. The van der Waals surface area contributed by atoms with E-state index in [0.29, 0.717) is 16.8 Å². The molecule has 16 heavy (non-hydrogen) atoms. The average molecular weight is 240 g/mol. The molecule has 0 bridgehead atoms. The van der Waals surface area contributed by atoms with Gasteiger partial charge in [-0.05, 0) is 31.1 Å². The predicted octanol–water partition coefficient (Wildman–Crippen LogP) is 1.53. The Morgan fingerprint density at radius 1 is 1.69 bits per heavy atom. The molecule has 0 saturated carbocycles. The van der Waals surface area contributed by atoms with Crippen LogP contribution in [0.15, 0.2) is 18.3 Å². The maximum atomic E-state index is 11.8. The number of halogens is 1. The van der Waals surface area contributed by atoms with Gasteiger partial charge >= 0.3 is 0 Å². The smallest absolute Gasteiger partial charge is 0.228 e. The monoisotopic (exact) mass is 239 g/mol. The summed E-state index contributed by atoms with van der Waals surface area (Å²) < 4.78 is 0. The van der Waals surface area contributed by atoms with E-state index in [1.165, 1.54) is 0 Å². The topological polar surface area (TPSA) is 54.0 Å². The van der Waals surface area contributed by atoms with E-state index in [9.17, 15) is 4.79 Å². The molecular weight excluding hydrogens is 226 g/mol. The predicted molar refractivity (Wildman–Crippen MR) is 63.4 cm³/mol. The Labute approximate surface area is 99.4 Å². The first kappa shape index (κ1) is 11.4. The molecule has 1 aromatic rings. The van der Waals surface area contributed by atoms with Crippen molar-refractivity contribution in [1.82, 2.24) is 10.3 Å². The Bertz CT molecular complexity index is 393. The fraction of sp³-hybridized carbons (Fsp3) is 0.455. The second-order valence-electron chi connectivity index (χ2n) is 4.06. The SMILES string of the molecule is CC(C(=O)Nc1cc(Cl)ccn1)C1CNC1. The summed E-state index contributed by atoms with van der Waals surface area (Å²) in [6, 6.07) is 3.32. The summed E-state index contributed by atoms with van der Waals surface area (Å²) in [7, 11) is 0. The van der Waals surface area contributed by atoms with Crippen LogP contribution >= 0.6 is 11.6 Å². The lowest BCUT2D eigenvalue weighted by atomic mass is 9.88. The average Bonchev–Trinajstić information content (AvgIpc) is 2.14. The summed E-state index contributed by atoms with van der Waals surface area (Å²) in [5.41, 5.74) is 0. The van der Waals surface area contributed by atoms with Crippen molar-refractivity contribution in [3.05, 3.63) is 23.4 Å². The molecule has 1 saturated heterocycles. The van der Waals surface area contributed by atoms with E-state index in [2.05, 4.69) is 15.6 Å². The Morgan fingerprint density at radius 2 is 2.44 bits per heavy atom. The first-order valence-corrected chi connectivity index (χ1v) is 5.68. The van der Waals surface area contributed by atoms with Gasteiger partial charge in [0.2, 0.25) is 5.91 Å². The number of carbonyl (C=O) groups is 1. The molecule has 5 heteroatoms. The second-order valence-corrected chi connectivity index (χ2v) is 4.49. The zero-order valence-electron chi connectivity index (χ0n) is 9.03. The molecule has 1 aliphatic heterocycles. The van der Waals surface area contributed by atoms with Gasteiger partial charge in [0.1, 0.15) is 5.82 Å². The Kier molecular flexibility index (Phi) is 3.41. The van der Waals surface area contributed by atoms with Crippen molar-refractivity contribution < 1.29 is 4.79 Å². The van der Waals surface area contributed by atoms with E-state index in [1.807, 2.05) is 6.92 Å². The van der Waals surface area contributed by atoms with Crippen LogP contribution in [0.4, 0.5) is 5.82 Å². The molecule has 1 unspecified atom stereocenters. The van der Waals surface area contributed by atoms with Gasteiger partial charge in [-0.2, -0.15) is 0 Å². The van der Waals surface area contributed by atoms with E-state index in [1.54, 1.807) is 18.3 Å². The van der Waals surface area contributed by atoms with Gasteiger partial charge in [-0.3, -0.25) is 4.79 Å². The van der Waals surface area contributed by atoms with Crippen LogP contribution in [0.5, 0.6) is 0 Å². The van der Waals surface area contributed by atoms with Gasteiger partial charge in [-0.1, -0.05) is 18.5 Å². The number of amides is 1. The van der Waals surface area contributed by atoms with Gasteiger partial charge in [-0.25, -0.2) is 4.98 Å². The summed E-state index contributed by atoms with van der Waals surface area (Å²) in [4.78, 5) is 15.9. The number of nitrogens with one attached hydrogen (secondary N) is 2. The fourth-order valence-corrected chi connectivity index (χ4v) is 1.75. The number of hydrogen-bond acceptors (Lipinski definition) is 3. The van der Waals surface area contributed by atoms with Crippen molar-refractivity contribution in [3.63, 3.8) is 0 Å². The van der Waals surface area contributed by atoms with Crippen LogP contribution in [0.3, 0.4) is 0 Å². The molecule has 1 atom stereocenters. The highest BCUT2D eigenvalue weighted by molar-refractivity contribution is 6.30. The van der Waals surface area contributed by atoms with Crippen LogP contribution in [0, 0.1) is 11.8 Å². The van der Waals surface area contributed by atoms with Gasteiger partial charge < -0.3 is 10.6 Å². The number of hydrogen-bond donors (Lipinski definition) is 2. The van der Waals surface area contributed by atoms with Crippen LogP contribution in [0.25, 0.3) is 0 Å². The van der Waals surface area contributed by atoms with Gasteiger partial charge in [-0.15, -0.1) is 0 Å². The van der Waals surface area contributed by atoms with Crippen LogP contribution < -0.4 is 10.6 Å². The molecule has 0 aromatic carbocycles. The molecule has 1 aromatic heterocycles. The zero-order valence-corrected chi connectivity index (χ0v) is 9.79. The quantitative estimate of drug-likeness (QED) is 0.841. The highest BCUT2D eigenvalue weighted by Gasteiger charge is 2.28. The lowest BCUT2D eigenvalue weighted by Gasteiger charge is -2.31. The van der Waals surface area contributed by atoms with Crippen LogP contribution in [0.2, 0.25) is 5.02 Å². The van der Waals surface area contributed by atoms with Gasteiger partial charge in [0.25, 0.3) is 0 Å². The van der Waals surface area contributed by atoms with Crippen LogP contribution in [-0.4, -0.2) is 24.0 Å². The Hall–Kier alpha value is -1.13. The molecule has 2 heterocycles. The Morgan fingerprint density at radius 3 is 3.00 bits per heavy atom. The molecule has 2 N–H and O–H groups in total. The summed E-state index contributed by atoms with van der Waals surface area (Å²) >= 11 is 5.81. The standard InChI is InChI=1S/C11H14ClN3O/c1-7(8-5-13-6-8)11(16)15-10-4-9(12)2-3-14-10/h2-4,7-8,13H,5-6H2,1H3,(H,14,15,16). The largest absolute Gasteiger partial charge is 0.316 e. The minimum absolute atomic E-state index is 0.00117. The van der Waals surface area contributed by atoms with Crippen molar-refractivity contribution in [2.45, 2.75) is 6.92 Å². The summed E-state index contributed by atoms with van der Waals surface area (Å²) in [6.07, 6.45) is 1.58. The molecule has 0 radical (unpaired) electrons. The van der Waals surface area contributed by atoms with E-state index in [4.69, 9.17) is 11.6 Å². The third-order valence-corrected chi connectivity index (χ3v) is 3.14. The van der Waals surface area contributed by atoms with Gasteiger partial charge in [0, 0.05) is 17.1 Å². The van der Waals surface area contributed by atoms with Crippen molar-refractivity contribution in [3.8, 4) is 0 Å². The molecule has 1 amide bonds. The fourth-order valence-electron chi connectivity index (χ4n) is 1.59. The highest BCUT2D eigenvalue weighted by Crippen LogP contribution is 2.18. The molecule has 86 valence electrons. The van der Waals surface area contributed by atoms with Crippen LogP contribution in [0.1, 0.15) is 6.92 Å². The lowest BCUT2D eigenvalue weighted by molar-refractivity contribution is -0.121. The zero-order chi connectivity index (χ0) is 11.5. The van der Waals surface area contributed by atoms with E-state index in [-0.39, 0.29) is 11.8 Å². The highest BCUT2D eigenvalue weighted by atomic mass is 35.5. The minimum atomic E-state index is 0.00117. The van der Waals surface area contributed by atoms with Crippen LogP contribution in [-0.2, 0) is 4.79 Å². The molecule has 1 fully saturated rings. The van der Waals surface area contributed by atoms with Gasteiger partial charge in [0.05, 0.1) is 0 Å². The third kappa shape index (κ3) is 2.51. The van der Waals surface area contributed by atoms with Crippen molar-refractivity contribution >= 4 is 23.3 Å². The summed E-state index contributed by atoms with van der Waals surface area (Å²) in [5, 5.41) is 6.50. The molecule has 4 nitrogen and oxygen atoms in total. The van der Waals surface area contributed by atoms with Crippen molar-refractivity contribution in [1.29, 1.82) is 0 Å². The normalized spacial score (nSPS) is 17.6. The van der Waals surface area contributed by atoms with E-state index in [0.717, 1.165) is 13.1 Å². The van der Waals surface area contributed by atoms with Crippen molar-refractivity contribution in [2.75, 3.05) is 18.4 Å². The molecule has 0 aliphatic carbocycles. The number of rotatable bonds is 3. The number of carbonyl (C=O) groups excluding carboxylic acids is 1. The summed E-state index contributed by atoms with van der Waals surface area (Å²) in [6.45, 7) is 3.76. The third-order valence-electron chi connectivity index (χ3n) is 2.91. The minimum Gasteiger partial charge on any atom is -0.316 e. The number of anilines is 1. The van der Waals surface area contributed by atoms with Crippen molar-refractivity contribution in [2.24, 2.45) is 11.8 Å².